The SMILES string of the molecule is CCN1CCN(C(=O)C(C)N2CCN(Cc3cc(C)on3)CC2)CC1. The van der Waals surface area contributed by atoms with Crippen LogP contribution in [0.1, 0.15) is 25.3 Å². The molecule has 0 bridgehead atoms. The van der Waals surface area contributed by atoms with Gasteiger partial charge in [-0.15, -0.1) is 0 Å². The molecule has 7 heteroatoms. The lowest BCUT2D eigenvalue weighted by molar-refractivity contribution is -0.138. The van der Waals surface area contributed by atoms with E-state index in [2.05, 4.69) is 33.7 Å². The largest absolute Gasteiger partial charge is 0.361 e. The molecule has 0 saturated carbocycles. The maximum atomic E-state index is 12.8. The Kier molecular flexibility index (Phi) is 6.09. The van der Waals surface area contributed by atoms with E-state index in [0.717, 1.165) is 76.9 Å². The van der Waals surface area contributed by atoms with E-state index in [0.29, 0.717) is 0 Å². The molecule has 25 heavy (non-hydrogen) atoms. The molecule has 140 valence electrons. The van der Waals surface area contributed by atoms with Gasteiger partial charge < -0.3 is 14.3 Å². The second-order valence-corrected chi connectivity index (χ2v) is 7.18. The van der Waals surface area contributed by atoms with E-state index in [9.17, 15) is 4.79 Å². The van der Waals surface area contributed by atoms with Gasteiger partial charge in [-0.05, 0) is 20.4 Å². The average molecular weight is 349 g/mol. The number of aryl methyl sites for hydroxylation is 1. The van der Waals surface area contributed by atoms with Crippen molar-refractivity contribution in [2.45, 2.75) is 33.4 Å². The molecule has 1 unspecified atom stereocenters. The highest BCUT2D eigenvalue weighted by atomic mass is 16.5. The topological polar surface area (TPSA) is 56.1 Å². The van der Waals surface area contributed by atoms with Crippen LogP contribution in [0, 0.1) is 6.92 Å². The van der Waals surface area contributed by atoms with E-state index in [1.807, 2.05) is 17.9 Å². The molecule has 7 nitrogen and oxygen atoms in total. The van der Waals surface area contributed by atoms with Crippen LogP contribution in [0.15, 0.2) is 10.6 Å². The Morgan fingerprint density at radius 1 is 1.12 bits per heavy atom. The lowest BCUT2D eigenvalue weighted by atomic mass is 10.1. The number of rotatable bonds is 5. The molecule has 0 radical (unpaired) electrons. The summed E-state index contributed by atoms with van der Waals surface area (Å²) in [6.07, 6.45) is 0. The van der Waals surface area contributed by atoms with Crippen molar-refractivity contribution in [2.75, 3.05) is 58.9 Å². The number of aromatic nitrogens is 1. The van der Waals surface area contributed by atoms with Crippen LogP contribution < -0.4 is 0 Å². The molecule has 2 saturated heterocycles. The zero-order chi connectivity index (χ0) is 17.8. The summed E-state index contributed by atoms with van der Waals surface area (Å²) in [6.45, 7) is 15.6. The van der Waals surface area contributed by atoms with Gasteiger partial charge in [0.15, 0.2) is 0 Å². The van der Waals surface area contributed by atoms with Crippen molar-refractivity contribution >= 4 is 5.91 Å². The zero-order valence-electron chi connectivity index (χ0n) is 15.8. The van der Waals surface area contributed by atoms with Crippen molar-refractivity contribution in [3.63, 3.8) is 0 Å². The summed E-state index contributed by atoms with van der Waals surface area (Å²) in [5.74, 6) is 1.15. The van der Waals surface area contributed by atoms with Crippen molar-refractivity contribution in [1.29, 1.82) is 0 Å². The van der Waals surface area contributed by atoms with E-state index in [1.165, 1.54) is 0 Å². The first kappa shape index (κ1) is 18.4. The quantitative estimate of drug-likeness (QED) is 0.778. The second-order valence-electron chi connectivity index (χ2n) is 7.18. The van der Waals surface area contributed by atoms with Gasteiger partial charge in [0.1, 0.15) is 5.76 Å². The maximum Gasteiger partial charge on any atom is 0.239 e. The summed E-state index contributed by atoms with van der Waals surface area (Å²) < 4.78 is 5.14. The third-order valence-electron chi connectivity index (χ3n) is 5.51. The Hall–Kier alpha value is -1.44. The molecule has 3 heterocycles. The first-order valence-corrected chi connectivity index (χ1v) is 9.46. The van der Waals surface area contributed by atoms with Gasteiger partial charge in [-0.3, -0.25) is 14.6 Å². The second kappa shape index (κ2) is 8.29. The molecule has 0 spiro atoms. The normalized spacial score (nSPS) is 22.3. The number of nitrogens with zero attached hydrogens (tertiary/aromatic N) is 5. The van der Waals surface area contributed by atoms with Crippen molar-refractivity contribution in [1.82, 2.24) is 24.8 Å². The predicted molar refractivity (Wildman–Crippen MR) is 96.2 cm³/mol. The van der Waals surface area contributed by atoms with Crippen LogP contribution in [0.25, 0.3) is 0 Å². The zero-order valence-corrected chi connectivity index (χ0v) is 15.8. The van der Waals surface area contributed by atoms with Crippen LogP contribution in [0.3, 0.4) is 0 Å². The third-order valence-corrected chi connectivity index (χ3v) is 5.51. The smallest absolute Gasteiger partial charge is 0.239 e. The predicted octanol–water partition coefficient (Wildman–Crippen LogP) is 0.653. The van der Waals surface area contributed by atoms with Crippen molar-refractivity contribution in [2.24, 2.45) is 0 Å². The molecule has 3 rings (SSSR count). The number of carbonyl (C=O) groups is 1. The Bertz CT molecular complexity index is 560. The summed E-state index contributed by atoms with van der Waals surface area (Å²) in [4.78, 5) is 21.9. The van der Waals surface area contributed by atoms with Gasteiger partial charge in [0.05, 0.1) is 11.7 Å². The molecule has 1 atom stereocenters. The van der Waals surface area contributed by atoms with Gasteiger partial charge in [-0.2, -0.15) is 0 Å². The minimum absolute atomic E-state index is 0.0235. The summed E-state index contributed by atoms with van der Waals surface area (Å²) >= 11 is 0. The van der Waals surface area contributed by atoms with Crippen LogP contribution in [0.5, 0.6) is 0 Å². The fourth-order valence-electron chi connectivity index (χ4n) is 3.74. The highest BCUT2D eigenvalue weighted by Crippen LogP contribution is 2.13. The van der Waals surface area contributed by atoms with E-state index in [-0.39, 0.29) is 11.9 Å². The van der Waals surface area contributed by atoms with Gasteiger partial charge in [0.2, 0.25) is 5.91 Å². The molecule has 1 aromatic heterocycles. The van der Waals surface area contributed by atoms with Gasteiger partial charge in [0.25, 0.3) is 0 Å². The van der Waals surface area contributed by atoms with Crippen molar-refractivity contribution in [3.8, 4) is 0 Å². The Balaban J connectivity index is 1.44. The lowest BCUT2D eigenvalue weighted by Gasteiger charge is -2.40. The third kappa shape index (κ3) is 4.59. The van der Waals surface area contributed by atoms with Crippen molar-refractivity contribution < 1.29 is 9.32 Å². The van der Waals surface area contributed by atoms with E-state index >= 15 is 0 Å². The van der Waals surface area contributed by atoms with Crippen LogP contribution in [0.2, 0.25) is 0 Å². The molecule has 1 aromatic rings. The van der Waals surface area contributed by atoms with E-state index < -0.39 is 0 Å². The van der Waals surface area contributed by atoms with Gasteiger partial charge in [-0.1, -0.05) is 12.1 Å². The molecular weight excluding hydrogens is 318 g/mol. The average Bonchev–Trinajstić information content (AvgIpc) is 3.06. The Morgan fingerprint density at radius 3 is 2.32 bits per heavy atom. The van der Waals surface area contributed by atoms with E-state index in [4.69, 9.17) is 4.52 Å². The summed E-state index contributed by atoms with van der Waals surface area (Å²) in [5, 5.41) is 4.07. The van der Waals surface area contributed by atoms with Crippen LogP contribution >= 0.6 is 0 Å². The van der Waals surface area contributed by atoms with Crippen LogP contribution in [-0.4, -0.2) is 95.6 Å². The molecule has 2 fully saturated rings. The van der Waals surface area contributed by atoms with Gasteiger partial charge >= 0.3 is 0 Å². The lowest BCUT2D eigenvalue weighted by Crippen LogP contribution is -2.57. The first-order valence-electron chi connectivity index (χ1n) is 9.46. The molecule has 2 aliphatic heterocycles. The van der Waals surface area contributed by atoms with Gasteiger partial charge in [-0.25, -0.2) is 0 Å². The van der Waals surface area contributed by atoms with Gasteiger partial charge in [0, 0.05) is 65.0 Å². The number of likely N-dealkylation sites (N-methyl/N-ethyl adjacent to an activating group) is 1. The number of amides is 1. The maximum absolute atomic E-state index is 12.8. The highest BCUT2D eigenvalue weighted by molar-refractivity contribution is 5.81. The summed E-state index contributed by atoms with van der Waals surface area (Å²) in [6, 6.07) is 1.97. The molecule has 0 aliphatic carbocycles. The first-order chi connectivity index (χ1) is 12.1. The monoisotopic (exact) mass is 349 g/mol. The number of hydrogen-bond acceptors (Lipinski definition) is 6. The Morgan fingerprint density at radius 2 is 1.76 bits per heavy atom. The standard InChI is InChI=1S/C18H31N5O2/c1-4-20-5-11-23(12-6-20)18(24)16(3)22-9-7-21(8-10-22)14-17-13-15(2)25-19-17/h13,16H,4-12,14H2,1-3H3. The molecule has 1 amide bonds. The van der Waals surface area contributed by atoms with Crippen LogP contribution in [-0.2, 0) is 11.3 Å². The fourth-order valence-corrected chi connectivity index (χ4v) is 3.74. The summed E-state index contributed by atoms with van der Waals surface area (Å²) in [7, 11) is 0. The molecule has 0 aromatic carbocycles. The minimum atomic E-state index is -0.0235. The molecule has 2 aliphatic rings. The molecule has 0 N–H and O–H groups in total. The molecular formula is C18H31N5O2. The van der Waals surface area contributed by atoms with Crippen LogP contribution in [0.4, 0.5) is 0 Å². The van der Waals surface area contributed by atoms with Crippen molar-refractivity contribution in [3.05, 3.63) is 17.5 Å². The number of hydrogen-bond donors (Lipinski definition) is 0. The fraction of sp³-hybridized carbons (Fsp3) is 0.778. The number of carbonyl (C=O) groups excluding carboxylic acids is 1. The highest BCUT2D eigenvalue weighted by Gasteiger charge is 2.30. The van der Waals surface area contributed by atoms with E-state index in [1.54, 1.807) is 0 Å². The number of piperazine rings is 2. The summed E-state index contributed by atoms with van der Waals surface area (Å²) in [5.41, 5.74) is 0.990. The Labute approximate surface area is 150 Å². The minimum Gasteiger partial charge on any atom is -0.361 e.